The molecule has 1 aromatic carbocycles. The highest BCUT2D eigenvalue weighted by molar-refractivity contribution is 6.08. The van der Waals surface area contributed by atoms with Crippen molar-refractivity contribution in [2.24, 2.45) is 0 Å². The fourth-order valence-electron chi connectivity index (χ4n) is 2.85. The Labute approximate surface area is 139 Å². The Bertz CT molecular complexity index is 794. The minimum absolute atomic E-state index is 0.0168. The van der Waals surface area contributed by atoms with Crippen molar-refractivity contribution >= 4 is 17.7 Å². The molecule has 1 aliphatic rings. The van der Waals surface area contributed by atoms with E-state index in [1.807, 2.05) is 13.0 Å². The van der Waals surface area contributed by atoms with Gasteiger partial charge in [0.1, 0.15) is 6.04 Å². The molecule has 24 heavy (non-hydrogen) atoms. The summed E-state index contributed by atoms with van der Waals surface area (Å²) in [5, 5.41) is 6.46. The first-order valence-corrected chi connectivity index (χ1v) is 7.77. The van der Waals surface area contributed by atoms with Crippen LogP contribution in [0.25, 0.3) is 5.69 Å². The molecular weight excluding hydrogens is 308 g/mol. The number of hydrogen-bond acceptors (Lipinski definition) is 4. The summed E-state index contributed by atoms with van der Waals surface area (Å²) in [6.07, 6.45) is 1.73. The van der Waals surface area contributed by atoms with Crippen molar-refractivity contribution in [3.8, 4) is 5.69 Å². The Morgan fingerprint density at radius 3 is 2.50 bits per heavy atom. The molecule has 1 saturated heterocycles. The minimum atomic E-state index is -0.733. The molecule has 1 N–H and O–H groups in total. The van der Waals surface area contributed by atoms with Gasteiger partial charge in [-0.05, 0) is 44.2 Å². The Hall–Kier alpha value is -2.96. The third-order valence-corrected chi connectivity index (χ3v) is 4.11. The molecule has 2 aromatic rings. The van der Waals surface area contributed by atoms with Gasteiger partial charge in [-0.2, -0.15) is 5.10 Å². The van der Waals surface area contributed by atoms with Gasteiger partial charge in [-0.1, -0.05) is 0 Å². The van der Waals surface area contributed by atoms with Crippen LogP contribution in [0.4, 0.5) is 0 Å². The van der Waals surface area contributed by atoms with Crippen LogP contribution in [0.5, 0.6) is 0 Å². The van der Waals surface area contributed by atoms with Gasteiger partial charge in [0.25, 0.3) is 5.91 Å². The van der Waals surface area contributed by atoms with Crippen molar-refractivity contribution in [3.05, 3.63) is 47.8 Å². The highest BCUT2D eigenvalue weighted by Crippen LogP contribution is 2.17. The number of aryl methyl sites for hydroxylation is 1. The van der Waals surface area contributed by atoms with E-state index in [4.69, 9.17) is 0 Å². The van der Waals surface area contributed by atoms with E-state index in [1.54, 1.807) is 42.1 Å². The number of nitrogens with one attached hydrogen (secondary N) is 1. The molecule has 1 aliphatic heterocycles. The molecule has 0 spiro atoms. The molecule has 3 amide bonds. The summed E-state index contributed by atoms with van der Waals surface area (Å²) >= 11 is 0. The summed E-state index contributed by atoms with van der Waals surface area (Å²) in [7, 11) is 0. The average Bonchev–Trinajstić information content (AvgIpc) is 3.14. The minimum Gasteiger partial charge on any atom is -0.326 e. The van der Waals surface area contributed by atoms with E-state index >= 15 is 0 Å². The zero-order chi connectivity index (χ0) is 17.3. The highest BCUT2D eigenvalue weighted by Gasteiger charge is 2.37. The Morgan fingerprint density at radius 1 is 1.29 bits per heavy atom. The van der Waals surface area contributed by atoms with Crippen molar-refractivity contribution in [2.75, 3.05) is 6.54 Å². The lowest BCUT2D eigenvalue weighted by Crippen LogP contribution is -2.44. The molecule has 7 nitrogen and oxygen atoms in total. The molecule has 0 bridgehead atoms. The average molecular weight is 326 g/mol. The molecule has 1 unspecified atom stereocenters. The van der Waals surface area contributed by atoms with Crippen LogP contribution in [0, 0.1) is 6.92 Å². The first-order chi connectivity index (χ1) is 11.5. The number of carbonyl (C=O) groups excluding carboxylic acids is 3. The van der Waals surface area contributed by atoms with Crippen LogP contribution in [0.1, 0.15) is 29.4 Å². The predicted molar refractivity (Wildman–Crippen MR) is 86.6 cm³/mol. The van der Waals surface area contributed by atoms with Gasteiger partial charge in [-0.25, -0.2) is 4.68 Å². The topological polar surface area (TPSA) is 84.3 Å². The lowest BCUT2D eigenvalue weighted by Gasteiger charge is -2.25. The first kappa shape index (κ1) is 15.9. The summed E-state index contributed by atoms with van der Waals surface area (Å²) < 4.78 is 1.77. The summed E-state index contributed by atoms with van der Waals surface area (Å²) in [6, 6.07) is 8.19. The van der Waals surface area contributed by atoms with Gasteiger partial charge in [0.15, 0.2) is 0 Å². The van der Waals surface area contributed by atoms with Crippen molar-refractivity contribution < 1.29 is 14.4 Å². The van der Waals surface area contributed by atoms with Crippen LogP contribution in [0.15, 0.2) is 36.5 Å². The van der Waals surface area contributed by atoms with E-state index in [2.05, 4.69) is 10.4 Å². The molecule has 0 aliphatic carbocycles. The monoisotopic (exact) mass is 326 g/mol. The number of likely N-dealkylation sites (N-methyl/N-ethyl adjacent to an activating group) is 1. The molecule has 3 rings (SSSR count). The SMILES string of the molecule is CCN(C(=O)c1ccc(-n2nccc2C)cc1)C1CC(=O)NC1=O. The number of rotatable bonds is 4. The van der Waals surface area contributed by atoms with E-state index in [9.17, 15) is 14.4 Å². The maximum Gasteiger partial charge on any atom is 0.254 e. The summed E-state index contributed by atoms with van der Waals surface area (Å²) in [5.41, 5.74) is 2.31. The van der Waals surface area contributed by atoms with Crippen molar-refractivity contribution in [3.63, 3.8) is 0 Å². The Kier molecular flexibility index (Phi) is 4.16. The molecule has 1 fully saturated rings. The van der Waals surface area contributed by atoms with Gasteiger partial charge >= 0.3 is 0 Å². The van der Waals surface area contributed by atoms with E-state index in [-0.39, 0.29) is 18.2 Å². The number of hydrogen-bond donors (Lipinski definition) is 1. The second-order valence-corrected chi connectivity index (χ2v) is 5.65. The quantitative estimate of drug-likeness (QED) is 0.852. The van der Waals surface area contributed by atoms with Crippen LogP contribution < -0.4 is 5.32 Å². The summed E-state index contributed by atoms with van der Waals surface area (Å²) in [6.45, 7) is 4.08. The van der Waals surface area contributed by atoms with Gasteiger partial charge in [-0.15, -0.1) is 0 Å². The van der Waals surface area contributed by atoms with Gasteiger partial charge in [-0.3, -0.25) is 19.7 Å². The summed E-state index contributed by atoms with van der Waals surface area (Å²) in [4.78, 5) is 37.3. The fraction of sp³-hybridized carbons (Fsp3) is 0.294. The van der Waals surface area contributed by atoms with Crippen molar-refractivity contribution in [1.29, 1.82) is 0 Å². The van der Waals surface area contributed by atoms with Crippen molar-refractivity contribution in [2.45, 2.75) is 26.3 Å². The number of nitrogens with zero attached hydrogens (tertiary/aromatic N) is 3. The van der Waals surface area contributed by atoms with Crippen LogP contribution >= 0.6 is 0 Å². The molecule has 0 radical (unpaired) electrons. The van der Waals surface area contributed by atoms with Gasteiger partial charge in [0, 0.05) is 24.0 Å². The Balaban J connectivity index is 1.82. The van der Waals surface area contributed by atoms with Crippen LogP contribution in [-0.2, 0) is 9.59 Å². The third kappa shape index (κ3) is 2.80. The maximum atomic E-state index is 12.7. The second kappa shape index (κ2) is 6.27. The number of carbonyl (C=O) groups is 3. The standard InChI is InChI=1S/C17H18N4O3/c1-3-20(14-10-15(22)19-16(14)23)17(24)12-4-6-13(7-5-12)21-11(2)8-9-18-21/h4-9,14H,3,10H2,1-2H3,(H,19,22,23). The van der Waals surface area contributed by atoms with Crippen LogP contribution in [0.3, 0.4) is 0 Å². The van der Waals surface area contributed by atoms with Crippen LogP contribution in [0.2, 0.25) is 0 Å². The van der Waals surface area contributed by atoms with Gasteiger partial charge in [0.2, 0.25) is 11.8 Å². The van der Waals surface area contributed by atoms with Crippen LogP contribution in [-0.4, -0.2) is 45.0 Å². The number of imide groups is 1. The second-order valence-electron chi connectivity index (χ2n) is 5.65. The normalized spacial score (nSPS) is 17.0. The zero-order valence-corrected chi connectivity index (χ0v) is 13.5. The van der Waals surface area contributed by atoms with E-state index in [1.165, 1.54) is 4.90 Å². The zero-order valence-electron chi connectivity index (χ0n) is 13.5. The highest BCUT2D eigenvalue weighted by atomic mass is 16.2. The summed E-state index contributed by atoms with van der Waals surface area (Å²) in [5.74, 6) is -1.03. The lowest BCUT2D eigenvalue weighted by molar-refractivity contribution is -0.126. The Morgan fingerprint density at radius 2 is 2.00 bits per heavy atom. The molecule has 1 aromatic heterocycles. The molecular formula is C17H18N4O3. The van der Waals surface area contributed by atoms with Crippen molar-refractivity contribution in [1.82, 2.24) is 20.0 Å². The smallest absolute Gasteiger partial charge is 0.254 e. The number of aromatic nitrogens is 2. The molecule has 2 heterocycles. The molecule has 124 valence electrons. The third-order valence-electron chi connectivity index (χ3n) is 4.11. The molecule has 7 heteroatoms. The first-order valence-electron chi connectivity index (χ1n) is 7.77. The predicted octanol–water partition coefficient (Wildman–Crippen LogP) is 1.06. The van der Waals surface area contributed by atoms with Gasteiger partial charge < -0.3 is 4.90 Å². The van der Waals surface area contributed by atoms with Gasteiger partial charge in [0.05, 0.1) is 12.1 Å². The largest absolute Gasteiger partial charge is 0.326 e. The lowest BCUT2D eigenvalue weighted by atomic mass is 10.1. The van der Waals surface area contributed by atoms with E-state index < -0.39 is 11.9 Å². The number of amides is 3. The van der Waals surface area contributed by atoms with E-state index in [0.29, 0.717) is 12.1 Å². The molecule has 1 atom stereocenters. The molecule has 0 saturated carbocycles. The fourth-order valence-corrected chi connectivity index (χ4v) is 2.85. The number of benzene rings is 1. The van der Waals surface area contributed by atoms with E-state index in [0.717, 1.165) is 11.4 Å². The maximum absolute atomic E-state index is 12.7.